The third-order valence-corrected chi connectivity index (χ3v) is 3.80. The van der Waals surface area contributed by atoms with Gasteiger partial charge in [0, 0.05) is 5.69 Å². The summed E-state index contributed by atoms with van der Waals surface area (Å²) in [4.78, 5) is 12.3. The van der Waals surface area contributed by atoms with E-state index in [0.29, 0.717) is 22.1 Å². The summed E-state index contributed by atoms with van der Waals surface area (Å²) in [7, 11) is 1.50. The van der Waals surface area contributed by atoms with Crippen LogP contribution in [0.1, 0.15) is 10.4 Å². The fourth-order valence-corrected chi connectivity index (χ4v) is 2.26. The fraction of sp³-hybridized carbons (Fsp3) is 0.0714. The van der Waals surface area contributed by atoms with Crippen LogP contribution in [-0.4, -0.2) is 13.0 Å². The average molecular weight is 346 g/mol. The summed E-state index contributed by atoms with van der Waals surface area (Å²) in [5.41, 5.74) is 6.74. The van der Waals surface area contributed by atoms with E-state index in [1.807, 2.05) is 0 Å². The zero-order chi connectivity index (χ0) is 15.6. The Morgan fingerprint density at radius 3 is 2.43 bits per heavy atom. The van der Waals surface area contributed by atoms with Gasteiger partial charge in [0.2, 0.25) is 0 Å². The predicted octanol–water partition coefficient (Wildman–Crippen LogP) is 4.49. The molecule has 21 heavy (non-hydrogen) atoms. The molecule has 0 saturated carbocycles. The van der Waals surface area contributed by atoms with Gasteiger partial charge in [-0.05, 0) is 30.3 Å². The molecule has 2 rings (SSSR count). The molecule has 0 unspecified atom stereocenters. The number of hydrogen-bond acceptors (Lipinski definition) is 3. The van der Waals surface area contributed by atoms with Crippen LogP contribution >= 0.6 is 34.8 Å². The molecule has 0 radical (unpaired) electrons. The Labute approximate surface area is 136 Å². The Balaban J connectivity index is 2.32. The van der Waals surface area contributed by atoms with Crippen molar-refractivity contribution >= 4 is 52.1 Å². The van der Waals surface area contributed by atoms with Gasteiger partial charge in [0.1, 0.15) is 5.75 Å². The molecule has 0 aliphatic carbocycles. The zero-order valence-corrected chi connectivity index (χ0v) is 13.2. The number of nitrogen functional groups attached to an aromatic ring is 1. The van der Waals surface area contributed by atoms with Crippen molar-refractivity contribution in [2.75, 3.05) is 18.2 Å². The van der Waals surface area contributed by atoms with Crippen LogP contribution in [0.5, 0.6) is 5.75 Å². The van der Waals surface area contributed by atoms with E-state index in [1.165, 1.54) is 25.3 Å². The van der Waals surface area contributed by atoms with E-state index in [4.69, 9.17) is 45.3 Å². The topological polar surface area (TPSA) is 64.3 Å². The summed E-state index contributed by atoms with van der Waals surface area (Å²) in [5.74, 6) is 0.0984. The van der Waals surface area contributed by atoms with Gasteiger partial charge >= 0.3 is 0 Å². The van der Waals surface area contributed by atoms with Crippen LogP contribution < -0.4 is 15.8 Å². The van der Waals surface area contributed by atoms with E-state index in [1.54, 1.807) is 12.1 Å². The van der Waals surface area contributed by atoms with Crippen LogP contribution in [0.3, 0.4) is 0 Å². The number of ether oxygens (including phenoxy) is 1. The molecule has 2 aromatic carbocycles. The van der Waals surface area contributed by atoms with Crippen LogP contribution in [-0.2, 0) is 0 Å². The largest absolute Gasteiger partial charge is 0.497 e. The fourth-order valence-electron chi connectivity index (χ4n) is 1.67. The minimum Gasteiger partial charge on any atom is -0.497 e. The highest BCUT2D eigenvalue weighted by Crippen LogP contribution is 2.32. The second-order valence-electron chi connectivity index (χ2n) is 4.15. The first-order valence-corrected chi connectivity index (χ1v) is 6.95. The maximum Gasteiger partial charge on any atom is 0.257 e. The van der Waals surface area contributed by atoms with Gasteiger partial charge in [0.05, 0.1) is 33.4 Å². The molecule has 7 heteroatoms. The predicted molar refractivity (Wildman–Crippen MR) is 86.8 cm³/mol. The molecular formula is C14H11Cl3N2O2. The lowest BCUT2D eigenvalue weighted by molar-refractivity contribution is 0.102. The zero-order valence-electron chi connectivity index (χ0n) is 10.9. The summed E-state index contributed by atoms with van der Waals surface area (Å²) in [6.07, 6.45) is 0. The molecule has 0 fully saturated rings. The normalized spacial score (nSPS) is 10.3. The van der Waals surface area contributed by atoms with Gasteiger partial charge in [-0.15, -0.1) is 0 Å². The number of rotatable bonds is 3. The Bertz CT molecular complexity index is 705. The monoisotopic (exact) mass is 344 g/mol. The molecule has 0 bridgehead atoms. The summed E-state index contributed by atoms with van der Waals surface area (Å²) in [6.45, 7) is 0. The summed E-state index contributed by atoms with van der Waals surface area (Å²) in [6, 6.07) is 7.72. The third kappa shape index (κ3) is 3.53. The molecule has 4 nitrogen and oxygen atoms in total. The Hall–Kier alpha value is -1.62. The lowest BCUT2D eigenvalue weighted by Crippen LogP contribution is -2.14. The van der Waals surface area contributed by atoms with Gasteiger partial charge in [0.15, 0.2) is 0 Å². The lowest BCUT2D eigenvalue weighted by atomic mass is 10.1. The van der Waals surface area contributed by atoms with E-state index >= 15 is 0 Å². The van der Waals surface area contributed by atoms with Crippen molar-refractivity contribution in [3.8, 4) is 5.75 Å². The van der Waals surface area contributed by atoms with Gasteiger partial charge in [-0.25, -0.2) is 0 Å². The molecule has 0 heterocycles. The number of benzene rings is 2. The summed E-state index contributed by atoms with van der Waals surface area (Å²) >= 11 is 17.8. The molecule has 2 aromatic rings. The number of nitrogens with one attached hydrogen (secondary N) is 1. The Morgan fingerprint density at radius 1 is 1.10 bits per heavy atom. The maximum absolute atomic E-state index is 12.3. The molecule has 0 aliphatic heterocycles. The van der Waals surface area contributed by atoms with E-state index in [9.17, 15) is 4.79 Å². The lowest BCUT2D eigenvalue weighted by Gasteiger charge is -2.11. The maximum atomic E-state index is 12.3. The molecular weight excluding hydrogens is 335 g/mol. The Morgan fingerprint density at radius 2 is 1.76 bits per heavy atom. The number of methoxy groups -OCH3 is 1. The second kappa shape index (κ2) is 6.43. The van der Waals surface area contributed by atoms with Crippen LogP contribution in [0.15, 0.2) is 30.3 Å². The highest BCUT2D eigenvalue weighted by molar-refractivity contribution is 6.44. The van der Waals surface area contributed by atoms with Crippen molar-refractivity contribution < 1.29 is 9.53 Å². The number of anilines is 2. The highest BCUT2D eigenvalue weighted by atomic mass is 35.5. The second-order valence-corrected chi connectivity index (χ2v) is 5.38. The first-order chi connectivity index (χ1) is 9.92. The standard InChI is InChI=1S/C14H11Cl3N2O2/c1-21-7-2-3-12(18)8(4-7)14(20)19-13-6-10(16)9(15)5-11(13)17/h2-6H,18H2,1H3,(H,19,20). The van der Waals surface area contributed by atoms with Gasteiger partial charge in [-0.1, -0.05) is 34.8 Å². The van der Waals surface area contributed by atoms with Gasteiger partial charge in [-0.3, -0.25) is 4.79 Å². The SMILES string of the molecule is COc1ccc(N)c(C(=O)Nc2cc(Cl)c(Cl)cc2Cl)c1. The minimum atomic E-state index is -0.424. The average Bonchev–Trinajstić information content (AvgIpc) is 2.45. The van der Waals surface area contributed by atoms with Gasteiger partial charge in [0.25, 0.3) is 5.91 Å². The number of carbonyl (C=O) groups is 1. The number of halogens is 3. The highest BCUT2D eigenvalue weighted by Gasteiger charge is 2.14. The van der Waals surface area contributed by atoms with Crippen molar-refractivity contribution in [2.24, 2.45) is 0 Å². The van der Waals surface area contributed by atoms with Crippen molar-refractivity contribution in [1.29, 1.82) is 0 Å². The molecule has 0 aromatic heterocycles. The van der Waals surface area contributed by atoms with Crippen LogP contribution in [0.25, 0.3) is 0 Å². The van der Waals surface area contributed by atoms with Crippen LogP contribution in [0, 0.1) is 0 Å². The molecule has 0 atom stereocenters. The first kappa shape index (κ1) is 15.8. The number of carbonyl (C=O) groups excluding carboxylic acids is 1. The van der Waals surface area contributed by atoms with Crippen LogP contribution in [0.2, 0.25) is 15.1 Å². The molecule has 0 aliphatic rings. The van der Waals surface area contributed by atoms with Crippen molar-refractivity contribution in [1.82, 2.24) is 0 Å². The molecule has 110 valence electrons. The molecule has 1 amide bonds. The van der Waals surface area contributed by atoms with Crippen LogP contribution in [0.4, 0.5) is 11.4 Å². The number of amides is 1. The first-order valence-electron chi connectivity index (χ1n) is 5.81. The van der Waals surface area contributed by atoms with Gasteiger partial charge in [-0.2, -0.15) is 0 Å². The van der Waals surface area contributed by atoms with Crippen molar-refractivity contribution in [2.45, 2.75) is 0 Å². The molecule has 0 spiro atoms. The number of hydrogen-bond donors (Lipinski definition) is 2. The smallest absolute Gasteiger partial charge is 0.257 e. The molecule has 0 saturated heterocycles. The van der Waals surface area contributed by atoms with E-state index in [0.717, 1.165) is 0 Å². The third-order valence-electron chi connectivity index (χ3n) is 2.76. The minimum absolute atomic E-state index is 0.275. The Kier molecular flexibility index (Phi) is 4.83. The van der Waals surface area contributed by atoms with E-state index in [2.05, 4.69) is 5.32 Å². The number of nitrogens with two attached hydrogens (primary N) is 1. The van der Waals surface area contributed by atoms with E-state index in [-0.39, 0.29) is 15.6 Å². The van der Waals surface area contributed by atoms with E-state index < -0.39 is 5.91 Å². The summed E-state index contributed by atoms with van der Waals surface area (Å²) < 4.78 is 5.07. The quantitative estimate of drug-likeness (QED) is 0.636. The van der Waals surface area contributed by atoms with Gasteiger partial charge < -0.3 is 15.8 Å². The van der Waals surface area contributed by atoms with Crippen molar-refractivity contribution in [3.05, 3.63) is 51.0 Å². The summed E-state index contributed by atoms with van der Waals surface area (Å²) in [5, 5.41) is 3.51. The van der Waals surface area contributed by atoms with Crippen molar-refractivity contribution in [3.63, 3.8) is 0 Å². The molecule has 3 N–H and O–H groups in total.